The fraction of sp³-hybridized carbons (Fsp3) is 0.575. The van der Waals surface area contributed by atoms with Crippen molar-refractivity contribution in [3.8, 4) is 5.75 Å². The molecule has 2 aromatic carbocycles. The van der Waals surface area contributed by atoms with Gasteiger partial charge in [0.15, 0.2) is 0 Å². The molecule has 1 amide bonds. The molecule has 0 spiro atoms. The summed E-state index contributed by atoms with van der Waals surface area (Å²) < 4.78 is 42.3. The SMILES string of the molecule is C=CC[C@@H](C)[C@H](C[C@H]1CCCO1)S(=O)(=O)NC(=O)c1ccc2c(c1)N(C[C@@H]1CC[C@H]1[C@@H](O)/C=C/CCC)CCCCc1cc(Cl)ccc1CO2. The molecule has 0 unspecified atom stereocenters. The summed E-state index contributed by atoms with van der Waals surface area (Å²) in [5.74, 6) is 0.157. The molecule has 0 radical (unpaired) electrons. The van der Waals surface area contributed by atoms with Gasteiger partial charge in [0, 0.05) is 30.3 Å². The third-order valence-corrected chi connectivity index (χ3v) is 12.9. The second-order valence-electron chi connectivity index (χ2n) is 14.4. The number of amides is 1. The van der Waals surface area contributed by atoms with Crippen molar-refractivity contribution in [2.24, 2.45) is 17.8 Å². The minimum absolute atomic E-state index is 0.143. The number of anilines is 1. The number of fused-ring (bicyclic) bond motifs is 2. The maximum Gasteiger partial charge on any atom is 0.264 e. The number of unbranched alkanes of at least 4 members (excludes halogenated alkanes) is 1. The molecule has 274 valence electrons. The van der Waals surface area contributed by atoms with E-state index in [1.165, 1.54) is 0 Å². The molecule has 2 N–H and O–H groups in total. The van der Waals surface area contributed by atoms with E-state index in [0.29, 0.717) is 43.4 Å². The molecule has 1 aliphatic carbocycles. The molecule has 6 atom stereocenters. The minimum Gasteiger partial charge on any atom is -0.487 e. The molecule has 5 rings (SSSR count). The average Bonchev–Trinajstić information content (AvgIpc) is 3.58. The number of aliphatic hydroxyl groups is 1. The van der Waals surface area contributed by atoms with Gasteiger partial charge in [0.05, 0.1) is 23.1 Å². The normalized spacial score (nSPS) is 23.0. The summed E-state index contributed by atoms with van der Waals surface area (Å²) in [7, 11) is -4.04. The molecule has 0 bridgehead atoms. The predicted octanol–water partition coefficient (Wildman–Crippen LogP) is 8.01. The van der Waals surface area contributed by atoms with Crippen molar-refractivity contribution in [3.63, 3.8) is 0 Å². The average molecular weight is 727 g/mol. The number of hydrogen-bond donors (Lipinski definition) is 2. The van der Waals surface area contributed by atoms with Crippen LogP contribution in [-0.2, 0) is 27.8 Å². The number of sulfonamides is 1. The van der Waals surface area contributed by atoms with Crippen LogP contribution in [0.5, 0.6) is 5.75 Å². The zero-order chi connectivity index (χ0) is 35.7. The summed E-state index contributed by atoms with van der Waals surface area (Å²) in [5, 5.41) is 10.9. The Morgan fingerprint density at radius 3 is 2.70 bits per heavy atom. The van der Waals surface area contributed by atoms with Crippen molar-refractivity contribution in [2.45, 2.75) is 109 Å². The van der Waals surface area contributed by atoms with Crippen LogP contribution in [0.1, 0.15) is 99.5 Å². The lowest BCUT2D eigenvalue weighted by Crippen LogP contribution is -2.43. The number of nitrogens with one attached hydrogen (secondary N) is 1. The minimum atomic E-state index is -4.04. The Hall–Kier alpha value is -2.85. The van der Waals surface area contributed by atoms with E-state index < -0.39 is 27.3 Å². The van der Waals surface area contributed by atoms with Crippen molar-refractivity contribution < 1.29 is 27.8 Å². The van der Waals surface area contributed by atoms with Gasteiger partial charge in [-0.3, -0.25) is 4.79 Å². The van der Waals surface area contributed by atoms with Crippen LogP contribution in [0.25, 0.3) is 0 Å². The number of nitrogens with zero attached hydrogens (tertiary/aromatic N) is 1. The van der Waals surface area contributed by atoms with Gasteiger partial charge in [0.2, 0.25) is 10.0 Å². The summed E-state index contributed by atoms with van der Waals surface area (Å²) in [4.78, 5) is 16.1. The number of benzene rings is 2. The monoisotopic (exact) mass is 726 g/mol. The molecule has 0 aromatic heterocycles. The molecule has 10 heteroatoms. The predicted molar refractivity (Wildman–Crippen MR) is 201 cm³/mol. The van der Waals surface area contributed by atoms with Crippen molar-refractivity contribution in [1.82, 2.24) is 4.72 Å². The second-order valence-corrected chi connectivity index (χ2v) is 16.7. The number of halogens is 1. The maximum atomic E-state index is 13.8. The van der Waals surface area contributed by atoms with Crippen molar-refractivity contribution in [2.75, 3.05) is 24.6 Å². The Kier molecular flexibility index (Phi) is 13.9. The van der Waals surface area contributed by atoms with Crippen LogP contribution in [0, 0.1) is 17.8 Å². The Balaban J connectivity index is 1.42. The summed E-state index contributed by atoms with van der Waals surface area (Å²) in [5.41, 5.74) is 3.24. The standard InChI is InChI=1S/C40H55ClN2O6S/c1-4-6-7-14-37(44)35-19-16-31(35)26-43-21-9-8-12-29-23-33(41)18-15-32(29)27-49-38-20-17-30(24-36(38)43)40(45)42-50(46,47)39(28(3)11-5-2)25-34-13-10-22-48-34/h5,7,14-15,17-18,20,23-24,28,31,34-35,37,39,44H,2,4,6,8-13,16,19,21-22,25-27H2,1,3H3,(H,42,45)/b14-7+/t28-,31+,34-,35-,37+,39+/m1/s1. The van der Waals surface area contributed by atoms with E-state index in [1.54, 1.807) is 24.3 Å². The number of aliphatic hydroxyl groups excluding tert-OH is 1. The van der Waals surface area contributed by atoms with Crippen LogP contribution in [0.15, 0.2) is 61.2 Å². The Morgan fingerprint density at radius 1 is 1.14 bits per heavy atom. The number of carbonyl (C=O) groups excluding carboxylic acids is 1. The van der Waals surface area contributed by atoms with Gasteiger partial charge in [-0.1, -0.05) is 56.2 Å². The first-order valence-corrected chi connectivity index (χ1v) is 20.4. The highest BCUT2D eigenvalue weighted by atomic mass is 35.5. The van der Waals surface area contributed by atoms with Crippen molar-refractivity contribution >= 4 is 33.2 Å². The van der Waals surface area contributed by atoms with Crippen LogP contribution < -0.4 is 14.4 Å². The van der Waals surface area contributed by atoms with Crippen LogP contribution >= 0.6 is 11.6 Å². The fourth-order valence-corrected chi connectivity index (χ4v) is 9.52. The molecular formula is C40H55ClN2O6S. The van der Waals surface area contributed by atoms with Gasteiger partial charge in [-0.05, 0) is 123 Å². The van der Waals surface area contributed by atoms with Crippen LogP contribution in [0.4, 0.5) is 5.69 Å². The summed E-state index contributed by atoms with van der Waals surface area (Å²) in [6.07, 6.45) is 14.3. The molecule has 3 aliphatic rings. The van der Waals surface area contributed by atoms with Gasteiger partial charge in [-0.2, -0.15) is 0 Å². The molecule has 2 fully saturated rings. The van der Waals surface area contributed by atoms with Crippen LogP contribution in [0.2, 0.25) is 5.02 Å². The summed E-state index contributed by atoms with van der Waals surface area (Å²) in [6.45, 7) is 10.2. The first kappa shape index (κ1) is 38.4. The van der Waals surface area contributed by atoms with Crippen molar-refractivity contribution in [1.29, 1.82) is 0 Å². The van der Waals surface area contributed by atoms with E-state index in [2.05, 4.69) is 29.2 Å². The number of ether oxygens (including phenoxy) is 2. The maximum absolute atomic E-state index is 13.8. The number of allylic oxidation sites excluding steroid dienone is 2. The highest BCUT2D eigenvalue weighted by Crippen LogP contribution is 2.41. The van der Waals surface area contributed by atoms with Gasteiger partial charge in [0.1, 0.15) is 12.4 Å². The summed E-state index contributed by atoms with van der Waals surface area (Å²) in [6, 6.07) is 11.1. The highest BCUT2D eigenvalue weighted by Gasteiger charge is 2.38. The van der Waals surface area contributed by atoms with Gasteiger partial charge >= 0.3 is 0 Å². The lowest BCUT2D eigenvalue weighted by atomic mass is 9.70. The number of hydrogen-bond acceptors (Lipinski definition) is 7. The van der Waals surface area contributed by atoms with Gasteiger partial charge in [-0.15, -0.1) is 6.58 Å². The van der Waals surface area contributed by atoms with Gasteiger partial charge < -0.3 is 19.5 Å². The van der Waals surface area contributed by atoms with Gasteiger partial charge in [0.25, 0.3) is 5.91 Å². The zero-order valence-corrected chi connectivity index (χ0v) is 31.3. The molecule has 2 aliphatic heterocycles. The molecule has 1 saturated carbocycles. The lowest BCUT2D eigenvalue weighted by Gasteiger charge is -2.42. The number of carbonyl (C=O) groups is 1. The van der Waals surface area contributed by atoms with Crippen molar-refractivity contribution in [3.05, 3.63) is 82.9 Å². The molecule has 50 heavy (non-hydrogen) atoms. The molecule has 8 nitrogen and oxygen atoms in total. The zero-order valence-electron chi connectivity index (χ0n) is 29.7. The fourth-order valence-electron chi connectivity index (χ4n) is 7.61. The van der Waals surface area contributed by atoms with E-state index in [9.17, 15) is 18.3 Å². The van der Waals surface area contributed by atoms with Crippen LogP contribution in [0.3, 0.4) is 0 Å². The second kappa shape index (κ2) is 18.1. The number of aryl methyl sites for hydroxylation is 1. The quantitative estimate of drug-likeness (QED) is 0.190. The number of rotatable bonds is 14. The van der Waals surface area contributed by atoms with E-state index in [1.807, 2.05) is 31.2 Å². The first-order chi connectivity index (χ1) is 24.1. The summed E-state index contributed by atoms with van der Waals surface area (Å²) >= 11 is 6.36. The Morgan fingerprint density at radius 2 is 1.98 bits per heavy atom. The molecular weight excluding hydrogens is 672 g/mol. The largest absolute Gasteiger partial charge is 0.487 e. The van der Waals surface area contributed by atoms with E-state index in [0.717, 1.165) is 81.1 Å². The Bertz CT molecular complexity index is 1590. The van der Waals surface area contributed by atoms with Crippen LogP contribution in [-0.4, -0.2) is 56.6 Å². The first-order valence-electron chi connectivity index (χ1n) is 18.5. The Labute approximate surface area is 304 Å². The topological polar surface area (TPSA) is 105 Å². The lowest BCUT2D eigenvalue weighted by molar-refractivity contribution is 0.0461. The molecule has 2 heterocycles. The smallest absolute Gasteiger partial charge is 0.264 e. The third-order valence-electron chi connectivity index (χ3n) is 10.7. The van der Waals surface area contributed by atoms with E-state index in [4.69, 9.17) is 21.1 Å². The highest BCUT2D eigenvalue weighted by molar-refractivity contribution is 7.90. The third kappa shape index (κ3) is 9.93. The molecule has 2 aromatic rings. The van der Waals surface area contributed by atoms with E-state index >= 15 is 0 Å². The van der Waals surface area contributed by atoms with Gasteiger partial charge in [-0.25, -0.2) is 13.1 Å². The molecule has 1 saturated heterocycles. The van der Waals surface area contributed by atoms with E-state index in [-0.39, 0.29) is 29.4 Å².